The number of thiophene rings is 1. The van der Waals surface area contributed by atoms with E-state index < -0.39 is 10.0 Å². The van der Waals surface area contributed by atoms with Crippen LogP contribution in [-0.4, -0.2) is 24.1 Å². The molecule has 2 rings (SSSR count). The Kier molecular flexibility index (Phi) is 4.17. The van der Waals surface area contributed by atoms with Crippen LogP contribution in [0.5, 0.6) is 0 Å². The smallest absolute Gasteiger partial charge is 0.255 e. The third-order valence-electron chi connectivity index (χ3n) is 3.14. The van der Waals surface area contributed by atoms with Crippen LogP contribution in [0.1, 0.15) is 33.9 Å². The molecule has 2 aromatic rings. The lowest BCUT2D eigenvalue weighted by molar-refractivity contribution is 0.0939. The molecule has 2 heterocycles. The Balaban J connectivity index is 2.15. The van der Waals surface area contributed by atoms with Gasteiger partial charge in [-0.2, -0.15) is 5.10 Å². The highest BCUT2D eigenvalue weighted by atomic mass is 32.2. The van der Waals surface area contributed by atoms with Crippen LogP contribution in [-0.2, 0) is 17.1 Å². The Morgan fingerprint density at radius 3 is 2.62 bits per heavy atom. The molecule has 0 aliphatic carbocycles. The van der Waals surface area contributed by atoms with Gasteiger partial charge in [-0.1, -0.05) is 0 Å². The zero-order valence-electron chi connectivity index (χ0n) is 11.8. The number of primary sulfonamides is 1. The molecule has 0 aliphatic rings. The number of sulfonamides is 1. The number of carbonyl (C=O) groups is 1. The van der Waals surface area contributed by atoms with E-state index in [4.69, 9.17) is 5.14 Å². The second-order valence-electron chi connectivity index (χ2n) is 4.66. The van der Waals surface area contributed by atoms with Crippen molar-refractivity contribution in [1.29, 1.82) is 0 Å². The Morgan fingerprint density at radius 2 is 2.14 bits per heavy atom. The third-order valence-corrected chi connectivity index (χ3v) is 5.84. The van der Waals surface area contributed by atoms with Crippen molar-refractivity contribution in [3.8, 4) is 0 Å². The maximum Gasteiger partial charge on any atom is 0.255 e. The summed E-state index contributed by atoms with van der Waals surface area (Å²) in [6.07, 6.45) is 1.50. The number of nitrogens with two attached hydrogens (primary N) is 1. The van der Waals surface area contributed by atoms with Crippen molar-refractivity contribution in [3.05, 3.63) is 34.5 Å². The van der Waals surface area contributed by atoms with Gasteiger partial charge in [-0.3, -0.25) is 9.48 Å². The van der Waals surface area contributed by atoms with Gasteiger partial charge in [0.05, 0.1) is 17.8 Å². The molecule has 2 aromatic heterocycles. The van der Waals surface area contributed by atoms with Gasteiger partial charge in [-0.25, -0.2) is 13.6 Å². The van der Waals surface area contributed by atoms with Crippen molar-refractivity contribution in [3.63, 3.8) is 0 Å². The van der Waals surface area contributed by atoms with Crippen molar-refractivity contribution >= 4 is 27.3 Å². The summed E-state index contributed by atoms with van der Waals surface area (Å²) < 4.78 is 24.2. The predicted molar refractivity (Wildman–Crippen MR) is 79.5 cm³/mol. The molecule has 7 nitrogen and oxygen atoms in total. The summed E-state index contributed by atoms with van der Waals surface area (Å²) in [5.41, 5.74) is 1.25. The first kappa shape index (κ1) is 15.7. The molecule has 0 bridgehead atoms. The molecule has 1 amide bonds. The van der Waals surface area contributed by atoms with Crippen molar-refractivity contribution in [2.24, 2.45) is 12.2 Å². The molecule has 0 radical (unpaired) electrons. The first-order valence-electron chi connectivity index (χ1n) is 6.12. The highest BCUT2D eigenvalue weighted by Gasteiger charge is 2.19. The van der Waals surface area contributed by atoms with E-state index in [1.807, 2.05) is 0 Å². The van der Waals surface area contributed by atoms with Gasteiger partial charge in [0, 0.05) is 17.6 Å². The minimum atomic E-state index is -3.71. The Hall–Kier alpha value is -1.71. The molecule has 0 saturated carbocycles. The van der Waals surface area contributed by atoms with Crippen LogP contribution in [0.2, 0.25) is 0 Å². The summed E-state index contributed by atoms with van der Waals surface area (Å²) in [6, 6.07) is 2.76. The average molecular weight is 328 g/mol. The van der Waals surface area contributed by atoms with E-state index in [1.165, 1.54) is 12.3 Å². The second kappa shape index (κ2) is 5.58. The minimum absolute atomic E-state index is 0.0798. The van der Waals surface area contributed by atoms with Crippen molar-refractivity contribution in [1.82, 2.24) is 15.1 Å². The molecule has 0 aliphatic heterocycles. The van der Waals surface area contributed by atoms with Crippen LogP contribution in [0.3, 0.4) is 0 Å². The molecular formula is C12H16N4O3S2. The maximum atomic E-state index is 12.2. The number of rotatable bonds is 4. The summed E-state index contributed by atoms with van der Waals surface area (Å²) in [6.45, 7) is 3.58. The van der Waals surface area contributed by atoms with Crippen LogP contribution in [0, 0.1) is 6.92 Å². The Bertz CT molecular complexity index is 776. The first-order valence-corrected chi connectivity index (χ1v) is 8.48. The van der Waals surface area contributed by atoms with Crippen molar-refractivity contribution in [2.45, 2.75) is 24.1 Å². The largest absolute Gasteiger partial charge is 0.345 e. The third kappa shape index (κ3) is 3.31. The molecule has 3 N–H and O–H groups in total. The van der Waals surface area contributed by atoms with Gasteiger partial charge in [0.15, 0.2) is 0 Å². The SMILES string of the molecule is Cc1c(C(=O)NC(C)c2ccc(S(N)(=O)=O)s2)cnn1C. The molecule has 0 fully saturated rings. The summed E-state index contributed by atoms with van der Waals surface area (Å²) in [5, 5.41) is 11.9. The van der Waals surface area contributed by atoms with Crippen LogP contribution in [0.15, 0.2) is 22.5 Å². The standard InChI is InChI=1S/C12H16N4O3S2/c1-7(10-4-5-11(20-10)21(13,18)19)15-12(17)9-6-14-16(3)8(9)2/h4-7H,1-3H3,(H,15,17)(H2,13,18,19). The van der Waals surface area contributed by atoms with Gasteiger partial charge in [0.1, 0.15) is 4.21 Å². The number of amides is 1. The molecular weight excluding hydrogens is 312 g/mol. The van der Waals surface area contributed by atoms with Crippen LogP contribution in [0.25, 0.3) is 0 Å². The van der Waals surface area contributed by atoms with Crippen molar-refractivity contribution < 1.29 is 13.2 Å². The lowest BCUT2D eigenvalue weighted by atomic mass is 10.2. The van der Waals surface area contributed by atoms with E-state index >= 15 is 0 Å². The van der Waals surface area contributed by atoms with E-state index in [9.17, 15) is 13.2 Å². The lowest BCUT2D eigenvalue weighted by Gasteiger charge is -2.11. The Labute approximate surface area is 126 Å². The Morgan fingerprint density at radius 1 is 1.48 bits per heavy atom. The normalized spacial score (nSPS) is 13.1. The van der Waals surface area contributed by atoms with E-state index in [0.29, 0.717) is 10.4 Å². The number of hydrogen-bond donors (Lipinski definition) is 2. The van der Waals surface area contributed by atoms with E-state index in [-0.39, 0.29) is 16.2 Å². The average Bonchev–Trinajstić information content (AvgIpc) is 2.97. The quantitative estimate of drug-likeness (QED) is 0.870. The maximum absolute atomic E-state index is 12.2. The zero-order valence-corrected chi connectivity index (χ0v) is 13.5. The molecule has 9 heteroatoms. The molecule has 1 atom stereocenters. The van der Waals surface area contributed by atoms with Crippen LogP contribution in [0.4, 0.5) is 0 Å². The lowest BCUT2D eigenvalue weighted by Crippen LogP contribution is -2.26. The van der Waals surface area contributed by atoms with Crippen LogP contribution < -0.4 is 10.5 Å². The minimum Gasteiger partial charge on any atom is -0.345 e. The second-order valence-corrected chi connectivity index (χ2v) is 7.57. The predicted octanol–water partition coefficient (Wildman–Crippen LogP) is 0.928. The van der Waals surface area contributed by atoms with Gasteiger partial charge in [0.2, 0.25) is 10.0 Å². The first-order chi connectivity index (χ1) is 9.70. The van der Waals surface area contributed by atoms with E-state index in [0.717, 1.165) is 17.0 Å². The summed E-state index contributed by atoms with van der Waals surface area (Å²) in [4.78, 5) is 12.9. The van der Waals surface area contributed by atoms with E-state index in [2.05, 4.69) is 10.4 Å². The number of aromatic nitrogens is 2. The molecule has 21 heavy (non-hydrogen) atoms. The highest BCUT2D eigenvalue weighted by molar-refractivity contribution is 7.91. The van der Waals surface area contributed by atoms with Gasteiger partial charge in [-0.05, 0) is 26.0 Å². The molecule has 0 spiro atoms. The van der Waals surface area contributed by atoms with Gasteiger partial charge in [0.25, 0.3) is 5.91 Å². The fraction of sp³-hybridized carbons (Fsp3) is 0.333. The molecule has 0 aromatic carbocycles. The van der Waals surface area contributed by atoms with Crippen LogP contribution >= 0.6 is 11.3 Å². The molecule has 1 unspecified atom stereocenters. The zero-order chi connectivity index (χ0) is 15.8. The van der Waals surface area contributed by atoms with E-state index in [1.54, 1.807) is 31.6 Å². The topological polar surface area (TPSA) is 107 Å². The number of aryl methyl sites for hydroxylation is 1. The van der Waals surface area contributed by atoms with Gasteiger partial charge >= 0.3 is 0 Å². The fourth-order valence-corrected chi connectivity index (χ4v) is 3.54. The summed E-state index contributed by atoms with van der Waals surface area (Å²) in [5.74, 6) is -0.251. The monoisotopic (exact) mass is 328 g/mol. The van der Waals surface area contributed by atoms with Gasteiger partial charge in [-0.15, -0.1) is 11.3 Å². The summed E-state index contributed by atoms with van der Waals surface area (Å²) >= 11 is 1.05. The number of nitrogens with one attached hydrogen (secondary N) is 1. The number of carbonyl (C=O) groups excluding carboxylic acids is 1. The highest BCUT2D eigenvalue weighted by Crippen LogP contribution is 2.26. The fourth-order valence-electron chi connectivity index (χ4n) is 1.79. The van der Waals surface area contributed by atoms with Crippen molar-refractivity contribution in [2.75, 3.05) is 0 Å². The number of nitrogens with zero attached hydrogens (tertiary/aromatic N) is 2. The van der Waals surface area contributed by atoms with Gasteiger partial charge < -0.3 is 5.32 Å². The molecule has 114 valence electrons. The summed E-state index contributed by atoms with van der Waals surface area (Å²) in [7, 11) is -1.95. The number of hydrogen-bond acceptors (Lipinski definition) is 5. The molecule has 0 saturated heterocycles.